The number of nitrogens with zero attached hydrogens (tertiary/aromatic N) is 3. The lowest BCUT2D eigenvalue weighted by atomic mass is 10.1. The van der Waals surface area contributed by atoms with Crippen LogP contribution in [0.2, 0.25) is 5.28 Å². The van der Waals surface area contributed by atoms with Gasteiger partial charge in [0.15, 0.2) is 0 Å². The summed E-state index contributed by atoms with van der Waals surface area (Å²) in [6, 6.07) is 7.22. The van der Waals surface area contributed by atoms with Crippen LogP contribution in [0.25, 0.3) is 11.3 Å². The molecule has 27 heavy (non-hydrogen) atoms. The number of benzene rings is 1. The first kappa shape index (κ1) is 19.2. The first-order chi connectivity index (χ1) is 12.7. The summed E-state index contributed by atoms with van der Waals surface area (Å²) in [7, 11) is 0. The van der Waals surface area contributed by atoms with E-state index in [4.69, 9.17) is 26.8 Å². The predicted molar refractivity (Wildman–Crippen MR) is 104 cm³/mol. The van der Waals surface area contributed by atoms with Crippen molar-refractivity contribution in [3.8, 4) is 17.0 Å². The second kappa shape index (κ2) is 7.60. The van der Waals surface area contributed by atoms with Crippen molar-refractivity contribution in [1.82, 2.24) is 14.9 Å². The van der Waals surface area contributed by atoms with Crippen LogP contribution in [0.1, 0.15) is 27.2 Å². The summed E-state index contributed by atoms with van der Waals surface area (Å²) in [5.74, 6) is 0.579. The van der Waals surface area contributed by atoms with Crippen LogP contribution < -0.4 is 10.5 Å². The largest absolute Gasteiger partial charge is 0.486 e. The van der Waals surface area contributed by atoms with Gasteiger partial charge in [-0.1, -0.05) is 0 Å². The third kappa shape index (κ3) is 5.01. The first-order valence-corrected chi connectivity index (χ1v) is 9.12. The summed E-state index contributed by atoms with van der Waals surface area (Å²) < 4.78 is 11.4. The monoisotopic (exact) mass is 390 g/mol. The molecule has 2 aromatic rings. The number of nitrogens with two attached hydrogens (primary N) is 1. The number of nitrogen functional groups attached to an aromatic ring is 1. The van der Waals surface area contributed by atoms with E-state index in [0.717, 1.165) is 12.0 Å². The molecule has 1 atom stereocenters. The molecule has 1 aromatic carbocycles. The summed E-state index contributed by atoms with van der Waals surface area (Å²) in [4.78, 5) is 21.9. The van der Waals surface area contributed by atoms with E-state index in [9.17, 15) is 4.79 Å². The molecule has 1 fully saturated rings. The molecule has 0 unspecified atom stereocenters. The number of hydrogen-bond acceptors (Lipinski definition) is 6. The Bertz CT molecular complexity index is 838. The minimum atomic E-state index is -0.514. The topological polar surface area (TPSA) is 90.6 Å². The summed E-state index contributed by atoms with van der Waals surface area (Å²) >= 11 is 5.84. The number of aromatic nitrogens is 2. The Morgan fingerprint density at radius 1 is 1.33 bits per heavy atom. The van der Waals surface area contributed by atoms with Gasteiger partial charge in [-0.3, -0.25) is 0 Å². The Kier molecular flexibility index (Phi) is 5.41. The average molecular weight is 391 g/mol. The molecule has 2 heterocycles. The third-order valence-corrected chi connectivity index (χ3v) is 4.20. The van der Waals surface area contributed by atoms with Crippen molar-refractivity contribution in [3.63, 3.8) is 0 Å². The standard InChI is InChI=1S/C19H23ClN4O3/c1-19(2,3)27-18(25)24-9-7-13(11-24)26-16-5-4-12(10-14(16)21)15-6-8-22-17(20)23-15/h4-6,8,10,13H,7,9,11,21H2,1-3H3/t13-/m1/s1. The number of halogens is 1. The predicted octanol–water partition coefficient (Wildman–Crippen LogP) is 3.77. The zero-order valence-electron chi connectivity index (χ0n) is 15.6. The maximum absolute atomic E-state index is 12.2. The molecule has 8 heteroatoms. The van der Waals surface area contributed by atoms with E-state index < -0.39 is 5.60 Å². The van der Waals surface area contributed by atoms with E-state index in [0.29, 0.717) is 30.2 Å². The number of anilines is 1. The molecule has 0 saturated carbocycles. The number of carbonyl (C=O) groups excluding carboxylic acids is 1. The van der Waals surface area contributed by atoms with Crippen molar-refractivity contribution in [2.45, 2.75) is 38.9 Å². The Balaban J connectivity index is 1.64. The van der Waals surface area contributed by atoms with Crippen LogP contribution in [-0.2, 0) is 4.74 Å². The second-order valence-electron chi connectivity index (χ2n) is 7.42. The van der Waals surface area contributed by atoms with Crippen molar-refractivity contribution in [3.05, 3.63) is 35.7 Å². The van der Waals surface area contributed by atoms with Gasteiger partial charge in [0.05, 0.1) is 17.9 Å². The molecule has 0 bridgehead atoms. The quantitative estimate of drug-likeness (QED) is 0.633. The number of hydrogen-bond donors (Lipinski definition) is 1. The van der Waals surface area contributed by atoms with Gasteiger partial charge in [0.25, 0.3) is 0 Å². The highest BCUT2D eigenvalue weighted by Gasteiger charge is 2.31. The van der Waals surface area contributed by atoms with Crippen LogP contribution in [0.5, 0.6) is 5.75 Å². The van der Waals surface area contributed by atoms with Crippen molar-refractivity contribution < 1.29 is 14.3 Å². The lowest BCUT2D eigenvalue weighted by molar-refractivity contribution is 0.0276. The van der Waals surface area contributed by atoms with Crippen molar-refractivity contribution in [1.29, 1.82) is 0 Å². The summed E-state index contributed by atoms with van der Waals surface area (Å²) in [6.45, 7) is 6.61. The van der Waals surface area contributed by atoms with E-state index in [1.807, 2.05) is 26.8 Å². The van der Waals surface area contributed by atoms with Gasteiger partial charge < -0.3 is 20.1 Å². The molecule has 3 rings (SSSR count). The highest BCUT2D eigenvalue weighted by Crippen LogP contribution is 2.30. The molecule has 2 N–H and O–H groups in total. The minimum absolute atomic E-state index is 0.126. The van der Waals surface area contributed by atoms with Gasteiger partial charge in [-0.15, -0.1) is 0 Å². The van der Waals surface area contributed by atoms with Crippen molar-refractivity contribution >= 4 is 23.4 Å². The molecule has 1 aliphatic rings. The Labute approximate surface area is 163 Å². The van der Waals surface area contributed by atoms with Gasteiger partial charge in [-0.2, -0.15) is 0 Å². The van der Waals surface area contributed by atoms with Crippen molar-refractivity contribution in [2.75, 3.05) is 18.8 Å². The van der Waals surface area contributed by atoms with Gasteiger partial charge >= 0.3 is 6.09 Å². The summed E-state index contributed by atoms with van der Waals surface area (Å²) in [6.07, 6.45) is 1.87. The first-order valence-electron chi connectivity index (χ1n) is 8.74. The number of amides is 1. The SMILES string of the molecule is CC(C)(C)OC(=O)N1CC[C@@H](Oc2ccc(-c3ccnc(Cl)n3)cc2N)C1. The van der Waals surface area contributed by atoms with Crippen LogP contribution >= 0.6 is 11.6 Å². The molecule has 0 spiro atoms. The van der Waals surface area contributed by atoms with E-state index >= 15 is 0 Å². The fourth-order valence-electron chi connectivity index (χ4n) is 2.81. The van der Waals surface area contributed by atoms with Crippen LogP contribution in [0, 0.1) is 0 Å². The zero-order valence-corrected chi connectivity index (χ0v) is 16.4. The number of carbonyl (C=O) groups is 1. The summed E-state index contributed by atoms with van der Waals surface area (Å²) in [5.41, 5.74) is 7.64. The Hall–Kier alpha value is -2.54. The normalized spacial score (nSPS) is 17.0. The number of ether oxygens (including phenoxy) is 2. The molecule has 7 nitrogen and oxygen atoms in total. The van der Waals surface area contributed by atoms with E-state index in [2.05, 4.69) is 9.97 Å². The summed E-state index contributed by atoms with van der Waals surface area (Å²) in [5, 5.41) is 0.180. The Morgan fingerprint density at radius 3 is 2.78 bits per heavy atom. The van der Waals surface area contributed by atoms with Crippen LogP contribution in [0.4, 0.5) is 10.5 Å². The fourth-order valence-corrected chi connectivity index (χ4v) is 2.95. The molecule has 1 saturated heterocycles. The van der Waals surface area contributed by atoms with E-state index in [-0.39, 0.29) is 17.5 Å². The highest BCUT2D eigenvalue weighted by atomic mass is 35.5. The van der Waals surface area contributed by atoms with Gasteiger partial charge in [0.1, 0.15) is 17.5 Å². The fraction of sp³-hybridized carbons (Fsp3) is 0.421. The molecule has 1 aliphatic heterocycles. The molecule has 0 aliphatic carbocycles. The maximum Gasteiger partial charge on any atom is 0.410 e. The van der Waals surface area contributed by atoms with Gasteiger partial charge in [-0.25, -0.2) is 14.8 Å². The molecule has 1 amide bonds. The van der Waals surface area contributed by atoms with Crippen molar-refractivity contribution in [2.24, 2.45) is 0 Å². The smallest absolute Gasteiger partial charge is 0.410 e. The molecule has 1 aromatic heterocycles. The molecular weight excluding hydrogens is 368 g/mol. The Morgan fingerprint density at radius 2 is 2.11 bits per heavy atom. The molecule has 144 valence electrons. The van der Waals surface area contributed by atoms with Gasteiger partial charge in [0.2, 0.25) is 5.28 Å². The van der Waals surface area contributed by atoms with Crippen LogP contribution in [-0.4, -0.2) is 45.8 Å². The van der Waals surface area contributed by atoms with E-state index in [1.165, 1.54) is 0 Å². The van der Waals surface area contributed by atoms with Crippen LogP contribution in [0.3, 0.4) is 0 Å². The number of likely N-dealkylation sites (tertiary alicyclic amines) is 1. The van der Waals surface area contributed by atoms with E-state index in [1.54, 1.807) is 29.3 Å². The molecular formula is C19H23ClN4O3. The van der Waals surface area contributed by atoms with Gasteiger partial charge in [0, 0.05) is 24.7 Å². The maximum atomic E-state index is 12.2. The number of rotatable bonds is 3. The lowest BCUT2D eigenvalue weighted by Crippen LogP contribution is -2.36. The highest BCUT2D eigenvalue weighted by molar-refractivity contribution is 6.28. The third-order valence-electron chi connectivity index (χ3n) is 4.02. The zero-order chi connectivity index (χ0) is 19.6. The second-order valence-corrected chi connectivity index (χ2v) is 7.76. The lowest BCUT2D eigenvalue weighted by Gasteiger charge is -2.24. The average Bonchev–Trinajstić information content (AvgIpc) is 3.04. The van der Waals surface area contributed by atoms with Crippen LogP contribution in [0.15, 0.2) is 30.5 Å². The van der Waals surface area contributed by atoms with Gasteiger partial charge in [-0.05, 0) is 56.6 Å². The minimum Gasteiger partial charge on any atom is -0.486 e. The molecule has 0 radical (unpaired) electrons.